The second-order valence-electron chi connectivity index (χ2n) is 4.91. The molecule has 7 heteroatoms. The fourth-order valence-corrected chi connectivity index (χ4v) is 2.88. The normalized spacial score (nSPS) is 10.0. The largest absolute Gasteiger partial charge is 0.451 e. The van der Waals surface area contributed by atoms with Crippen molar-refractivity contribution in [2.24, 2.45) is 0 Å². The number of thiophene rings is 1. The zero-order chi connectivity index (χ0) is 17.5. The summed E-state index contributed by atoms with van der Waals surface area (Å²) >= 11 is 1.23. The number of rotatable bonds is 6. The molecule has 0 unspecified atom stereocenters. The van der Waals surface area contributed by atoms with E-state index in [0.717, 1.165) is 10.5 Å². The van der Waals surface area contributed by atoms with Crippen LogP contribution in [0.4, 0.5) is 10.1 Å². The first kappa shape index (κ1) is 17.6. The van der Waals surface area contributed by atoms with E-state index >= 15 is 0 Å². The van der Waals surface area contributed by atoms with Gasteiger partial charge in [0.2, 0.25) is 0 Å². The molecule has 1 aromatic heterocycles. The number of carbonyl (C=O) groups is 2. The Morgan fingerprint density at radius 1 is 1.33 bits per heavy atom. The minimum Gasteiger partial charge on any atom is -0.451 e. The number of aryl methyl sites for hydroxylation is 1. The molecule has 2 aromatic rings. The number of benzene rings is 1. The number of ether oxygens (including phenoxy) is 1. The molecule has 1 amide bonds. The van der Waals surface area contributed by atoms with E-state index in [0.29, 0.717) is 4.88 Å². The van der Waals surface area contributed by atoms with Gasteiger partial charge in [-0.2, -0.15) is 5.26 Å². The molecule has 124 valence electrons. The van der Waals surface area contributed by atoms with Crippen molar-refractivity contribution in [3.63, 3.8) is 0 Å². The molecule has 0 spiro atoms. The van der Waals surface area contributed by atoms with Crippen molar-refractivity contribution < 1.29 is 18.7 Å². The smallest absolute Gasteiger partial charge is 0.349 e. The van der Waals surface area contributed by atoms with E-state index in [-0.39, 0.29) is 18.7 Å². The molecule has 0 saturated heterocycles. The molecular formula is C17H15FN2O3S. The highest BCUT2D eigenvalue weighted by molar-refractivity contribution is 7.12. The highest BCUT2D eigenvalue weighted by Gasteiger charge is 2.21. The lowest BCUT2D eigenvalue weighted by atomic mass is 10.2. The van der Waals surface area contributed by atoms with Gasteiger partial charge in [-0.25, -0.2) is 9.18 Å². The SMILES string of the molecule is Cc1ccsc1C(=O)OCC(=O)N(CCC#N)c1ccccc1F. The first-order chi connectivity index (χ1) is 11.5. The maximum Gasteiger partial charge on any atom is 0.349 e. The molecule has 0 aliphatic heterocycles. The summed E-state index contributed by atoms with van der Waals surface area (Å²) in [6.45, 7) is 1.27. The van der Waals surface area contributed by atoms with Crippen LogP contribution in [0.1, 0.15) is 21.7 Å². The fraction of sp³-hybridized carbons (Fsp3) is 0.235. The summed E-state index contributed by atoms with van der Waals surface area (Å²) < 4.78 is 18.9. The van der Waals surface area contributed by atoms with Crippen LogP contribution in [-0.4, -0.2) is 25.0 Å². The number of halogens is 1. The van der Waals surface area contributed by atoms with Crippen LogP contribution < -0.4 is 4.90 Å². The van der Waals surface area contributed by atoms with Crippen LogP contribution in [0, 0.1) is 24.1 Å². The molecule has 0 saturated carbocycles. The summed E-state index contributed by atoms with van der Waals surface area (Å²) in [6.07, 6.45) is 0.0397. The van der Waals surface area contributed by atoms with Crippen LogP contribution in [-0.2, 0) is 9.53 Å². The molecular weight excluding hydrogens is 331 g/mol. The molecule has 0 aliphatic rings. The molecule has 0 fully saturated rings. The maximum atomic E-state index is 13.9. The lowest BCUT2D eigenvalue weighted by Gasteiger charge is -2.22. The number of carbonyl (C=O) groups excluding carboxylic acids is 2. The highest BCUT2D eigenvalue weighted by Crippen LogP contribution is 2.20. The predicted octanol–water partition coefficient (Wildman–Crippen LogP) is 3.30. The van der Waals surface area contributed by atoms with E-state index in [1.165, 1.54) is 29.5 Å². The van der Waals surface area contributed by atoms with Gasteiger partial charge in [0.25, 0.3) is 5.91 Å². The third-order valence-corrected chi connectivity index (χ3v) is 4.26. The minimum absolute atomic E-state index is 0.0197. The van der Waals surface area contributed by atoms with Crippen LogP contribution in [0.15, 0.2) is 35.7 Å². The van der Waals surface area contributed by atoms with Gasteiger partial charge in [0.15, 0.2) is 6.61 Å². The number of anilines is 1. The zero-order valence-corrected chi connectivity index (χ0v) is 13.8. The van der Waals surface area contributed by atoms with Crippen LogP contribution in [0.25, 0.3) is 0 Å². The molecule has 24 heavy (non-hydrogen) atoms. The van der Waals surface area contributed by atoms with Crippen molar-refractivity contribution in [2.75, 3.05) is 18.1 Å². The third-order valence-electron chi connectivity index (χ3n) is 3.27. The van der Waals surface area contributed by atoms with Crippen LogP contribution in [0.5, 0.6) is 0 Å². The number of hydrogen-bond acceptors (Lipinski definition) is 5. The maximum absolute atomic E-state index is 13.9. The Morgan fingerprint density at radius 2 is 2.08 bits per heavy atom. The molecule has 0 N–H and O–H groups in total. The number of nitriles is 1. The van der Waals surface area contributed by atoms with E-state index < -0.39 is 24.3 Å². The summed E-state index contributed by atoms with van der Waals surface area (Å²) in [5, 5.41) is 10.5. The molecule has 0 atom stereocenters. The second-order valence-corrected chi connectivity index (χ2v) is 5.83. The van der Waals surface area contributed by atoms with Crippen molar-refractivity contribution in [3.05, 3.63) is 52.0 Å². The van der Waals surface area contributed by atoms with Crippen molar-refractivity contribution >= 4 is 28.9 Å². The minimum atomic E-state index is -0.593. The summed E-state index contributed by atoms with van der Waals surface area (Å²) in [7, 11) is 0. The molecule has 1 heterocycles. The van der Waals surface area contributed by atoms with Gasteiger partial charge in [0.05, 0.1) is 18.2 Å². The van der Waals surface area contributed by atoms with Crippen molar-refractivity contribution in [2.45, 2.75) is 13.3 Å². The van der Waals surface area contributed by atoms with Gasteiger partial charge in [-0.05, 0) is 36.1 Å². The Labute approximate surface area is 142 Å². The quantitative estimate of drug-likeness (QED) is 0.753. The monoisotopic (exact) mass is 346 g/mol. The first-order valence-corrected chi connectivity index (χ1v) is 8.05. The summed E-state index contributed by atoms with van der Waals surface area (Å²) in [5.41, 5.74) is 0.828. The zero-order valence-electron chi connectivity index (χ0n) is 13.0. The second kappa shape index (κ2) is 8.22. The summed E-state index contributed by atoms with van der Waals surface area (Å²) in [5.74, 6) is -1.76. The predicted molar refractivity (Wildman–Crippen MR) is 88.3 cm³/mol. The van der Waals surface area contributed by atoms with E-state index in [2.05, 4.69) is 0 Å². The molecule has 0 aliphatic carbocycles. The Balaban J connectivity index is 2.08. The fourth-order valence-electron chi connectivity index (χ4n) is 2.06. The van der Waals surface area contributed by atoms with Crippen molar-refractivity contribution in [1.29, 1.82) is 5.26 Å². The average molecular weight is 346 g/mol. The number of amides is 1. The number of nitrogens with zero attached hydrogens (tertiary/aromatic N) is 2. The van der Waals surface area contributed by atoms with Gasteiger partial charge < -0.3 is 9.64 Å². The number of esters is 1. The number of para-hydroxylation sites is 1. The topological polar surface area (TPSA) is 70.4 Å². The van der Waals surface area contributed by atoms with Crippen molar-refractivity contribution in [3.8, 4) is 6.07 Å². The third kappa shape index (κ3) is 4.18. The Hall–Kier alpha value is -2.72. The molecule has 5 nitrogen and oxygen atoms in total. The van der Waals surface area contributed by atoms with E-state index in [1.54, 1.807) is 24.4 Å². The first-order valence-electron chi connectivity index (χ1n) is 7.17. The van der Waals surface area contributed by atoms with E-state index in [9.17, 15) is 14.0 Å². The van der Waals surface area contributed by atoms with Gasteiger partial charge in [-0.15, -0.1) is 11.3 Å². The van der Waals surface area contributed by atoms with E-state index in [4.69, 9.17) is 10.00 Å². The van der Waals surface area contributed by atoms with Crippen LogP contribution in [0.3, 0.4) is 0 Å². The van der Waals surface area contributed by atoms with Gasteiger partial charge in [0, 0.05) is 6.54 Å². The standard InChI is InChI=1S/C17H15FN2O3S/c1-12-7-10-24-16(12)17(22)23-11-15(21)20(9-4-8-19)14-6-3-2-5-13(14)18/h2-3,5-7,10H,4,9,11H2,1H3. The van der Waals surface area contributed by atoms with Crippen LogP contribution in [0.2, 0.25) is 0 Å². The lowest BCUT2D eigenvalue weighted by Crippen LogP contribution is -2.36. The molecule has 1 aromatic carbocycles. The molecule has 2 rings (SSSR count). The van der Waals surface area contributed by atoms with Gasteiger partial charge in [-0.3, -0.25) is 4.79 Å². The van der Waals surface area contributed by atoms with Crippen LogP contribution >= 0.6 is 11.3 Å². The Morgan fingerprint density at radius 3 is 2.71 bits per heavy atom. The summed E-state index contributed by atoms with van der Waals surface area (Å²) in [6, 6.07) is 9.45. The van der Waals surface area contributed by atoms with Crippen molar-refractivity contribution in [1.82, 2.24) is 0 Å². The van der Waals surface area contributed by atoms with Gasteiger partial charge >= 0.3 is 5.97 Å². The average Bonchev–Trinajstić information content (AvgIpc) is 3.00. The summed E-state index contributed by atoms with van der Waals surface area (Å²) in [4.78, 5) is 25.8. The molecule has 0 radical (unpaired) electrons. The van der Waals surface area contributed by atoms with Gasteiger partial charge in [-0.1, -0.05) is 12.1 Å². The van der Waals surface area contributed by atoms with E-state index in [1.807, 2.05) is 6.07 Å². The number of hydrogen-bond donors (Lipinski definition) is 0. The molecule has 0 bridgehead atoms. The Kier molecular flexibility index (Phi) is 6.04. The van der Waals surface area contributed by atoms with Gasteiger partial charge in [0.1, 0.15) is 10.7 Å². The Bertz CT molecular complexity index is 782. The highest BCUT2D eigenvalue weighted by atomic mass is 32.1. The lowest BCUT2D eigenvalue weighted by molar-refractivity contribution is -0.121.